The van der Waals surface area contributed by atoms with Gasteiger partial charge in [0.25, 0.3) is 0 Å². The van der Waals surface area contributed by atoms with E-state index >= 15 is 0 Å². The molecule has 0 N–H and O–H groups in total. The van der Waals surface area contributed by atoms with Gasteiger partial charge in [0, 0.05) is 19.8 Å². The third-order valence-electron chi connectivity index (χ3n) is 1.92. The molecular formula is C12H19ClN2O3. The van der Waals surface area contributed by atoms with Crippen LogP contribution >= 0.6 is 11.6 Å². The Labute approximate surface area is 112 Å². The summed E-state index contributed by atoms with van der Waals surface area (Å²) in [6.07, 6.45) is 0. The maximum absolute atomic E-state index is 5.85. The van der Waals surface area contributed by atoms with Crippen LogP contribution in [-0.4, -0.2) is 36.9 Å². The molecule has 0 radical (unpaired) electrons. The van der Waals surface area contributed by atoms with Crippen LogP contribution in [0.5, 0.6) is 5.88 Å². The zero-order valence-corrected chi connectivity index (χ0v) is 11.7. The van der Waals surface area contributed by atoms with E-state index in [-0.39, 0.29) is 0 Å². The second kappa shape index (κ2) is 8.24. The predicted octanol–water partition coefficient (Wildman–Crippen LogP) is 2.33. The third kappa shape index (κ3) is 6.14. The summed E-state index contributed by atoms with van der Waals surface area (Å²) in [4.78, 5) is 8.17. The molecule has 0 aliphatic carbocycles. The lowest BCUT2D eigenvalue weighted by molar-refractivity contribution is 0.0803. The molecule has 1 aromatic rings. The Bertz CT molecular complexity index is 361. The van der Waals surface area contributed by atoms with E-state index in [2.05, 4.69) is 23.8 Å². The van der Waals surface area contributed by atoms with Crippen molar-refractivity contribution in [2.75, 3.05) is 26.9 Å². The van der Waals surface area contributed by atoms with Crippen molar-refractivity contribution >= 4 is 11.6 Å². The van der Waals surface area contributed by atoms with Gasteiger partial charge in [0.1, 0.15) is 18.4 Å². The number of methoxy groups -OCH3 is 1. The number of ether oxygens (including phenoxy) is 3. The summed E-state index contributed by atoms with van der Waals surface area (Å²) in [7, 11) is 1.57. The summed E-state index contributed by atoms with van der Waals surface area (Å²) in [5.41, 5.74) is 0. The van der Waals surface area contributed by atoms with Gasteiger partial charge in [-0.3, -0.25) is 0 Å². The van der Waals surface area contributed by atoms with Crippen LogP contribution in [-0.2, 0) is 16.1 Å². The molecule has 1 aromatic heterocycles. The molecule has 0 aliphatic heterocycles. The number of aromatic nitrogens is 2. The van der Waals surface area contributed by atoms with E-state index < -0.39 is 0 Å². The highest BCUT2D eigenvalue weighted by atomic mass is 35.5. The maximum atomic E-state index is 5.85. The molecule has 0 bridgehead atoms. The fourth-order valence-corrected chi connectivity index (χ4v) is 1.42. The monoisotopic (exact) mass is 274 g/mol. The largest absolute Gasteiger partial charge is 0.475 e. The van der Waals surface area contributed by atoms with E-state index in [1.165, 1.54) is 0 Å². The van der Waals surface area contributed by atoms with Crippen molar-refractivity contribution in [2.24, 2.45) is 5.92 Å². The molecule has 5 nitrogen and oxygen atoms in total. The van der Waals surface area contributed by atoms with E-state index in [0.29, 0.717) is 42.6 Å². The first-order valence-corrected chi connectivity index (χ1v) is 6.22. The molecular weight excluding hydrogens is 256 g/mol. The minimum atomic E-state index is 0.306. The summed E-state index contributed by atoms with van der Waals surface area (Å²) >= 11 is 5.85. The van der Waals surface area contributed by atoms with Gasteiger partial charge < -0.3 is 14.2 Å². The molecule has 0 spiro atoms. The zero-order valence-electron chi connectivity index (χ0n) is 11.0. The van der Waals surface area contributed by atoms with Gasteiger partial charge in [0.15, 0.2) is 5.82 Å². The molecule has 0 amide bonds. The van der Waals surface area contributed by atoms with Crippen molar-refractivity contribution in [3.63, 3.8) is 0 Å². The van der Waals surface area contributed by atoms with Gasteiger partial charge in [-0.1, -0.05) is 25.4 Å². The van der Waals surface area contributed by atoms with E-state index in [0.717, 1.165) is 6.61 Å². The molecule has 102 valence electrons. The smallest absolute Gasteiger partial charge is 0.218 e. The highest BCUT2D eigenvalue weighted by Gasteiger charge is 2.04. The Morgan fingerprint density at radius 1 is 1.28 bits per heavy atom. The first kappa shape index (κ1) is 15.1. The molecule has 6 heteroatoms. The molecule has 0 fully saturated rings. The molecule has 1 heterocycles. The number of rotatable bonds is 8. The van der Waals surface area contributed by atoms with Crippen LogP contribution in [0.25, 0.3) is 0 Å². The molecule has 18 heavy (non-hydrogen) atoms. The van der Waals surface area contributed by atoms with Gasteiger partial charge in [0.2, 0.25) is 5.88 Å². The SMILES string of the molecule is COCc1nc(Cl)cc(OCCOCC(C)C)n1. The van der Waals surface area contributed by atoms with E-state index in [1.807, 2.05) is 0 Å². The van der Waals surface area contributed by atoms with Crippen LogP contribution in [0.2, 0.25) is 5.15 Å². The summed E-state index contributed by atoms with van der Waals surface area (Å²) in [6.45, 7) is 6.19. The second-order valence-electron chi connectivity index (χ2n) is 4.20. The third-order valence-corrected chi connectivity index (χ3v) is 2.11. The minimum absolute atomic E-state index is 0.306. The zero-order chi connectivity index (χ0) is 13.4. The highest BCUT2D eigenvalue weighted by Crippen LogP contribution is 2.14. The Hall–Kier alpha value is -0.910. The summed E-state index contributed by atoms with van der Waals surface area (Å²) in [5, 5.41) is 0.343. The first-order chi connectivity index (χ1) is 8.61. The first-order valence-electron chi connectivity index (χ1n) is 5.84. The van der Waals surface area contributed by atoms with Crippen LogP contribution in [0, 0.1) is 5.92 Å². The Morgan fingerprint density at radius 2 is 2.06 bits per heavy atom. The van der Waals surface area contributed by atoms with Crippen LogP contribution in [0.4, 0.5) is 0 Å². The van der Waals surface area contributed by atoms with Gasteiger partial charge in [-0.2, -0.15) is 4.98 Å². The molecule has 0 aromatic carbocycles. The van der Waals surface area contributed by atoms with Crippen molar-refractivity contribution in [3.05, 3.63) is 17.0 Å². The number of hydrogen-bond acceptors (Lipinski definition) is 5. The van der Waals surface area contributed by atoms with Crippen molar-refractivity contribution in [3.8, 4) is 5.88 Å². The average Bonchev–Trinajstić information content (AvgIpc) is 2.28. The molecule has 0 atom stereocenters. The predicted molar refractivity (Wildman–Crippen MR) is 68.9 cm³/mol. The van der Waals surface area contributed by atoms with Crippen LogP contribution in [0.15, 0.2) is 6.07 Å². The topological polar surface area (TPSA) is 53.5 Å². The highest BCUT2D eigenvalue weighted by molar-refractivity contribution is 6.29. The lowest BCUT2D eigenvalue weighted by atomic mass is 10.2. The van der Waals surface area contributed by atoms with Crippen molar-refractivity contribution < 1.29 is 14.2 Å². The molecule has 1 rings (SSSR count). The maximum Gasteiger partial charge on any atom is 0.218 e. The Balaban J connectivity index is 2.37. The summed E-state index contributed by atoms with van der Waals surface area (Å²) in [5.74, 6) is 1.46. The fourth-order valence-electron chi connectivity index (χ4n) is 1.23. The fraction of sp³-hybridized carbons (Fsp3) is 0.667. The van der Waals surface area contributed by atoms with Gasteiger partial charge >= 0.3 is 0 Å². The summed E-state index contributed by atoms with van der Waals surface area (Å²) in [6, 6.07) is 1.57. The van der Waals surface area contributed by atoms with Crippen LogP contribution < -0.4 is 4.74 Å². The van der Waals surface area contributed by atoms with E-state index in [4.69, 9.17) is 25.8 Å². The van der Waals surface area contributed by atoms with Gasteiger partial charge in [-0.05, 0) is 5.92 Å². The minimum Gasteiger partial charge on any atom is -0.475 e. The Kier molecular flexibility index (Phi) is 6.93. The Morgan fingerprint density at radius 3 is 2.72 bits per heavy atom. The average molecular weight is 275 g/mol. The number of halogens is 1. The normalized spacial score (nSPS) is 10.9. The van der Waals surface area contributed by atoms with Gasteiger partial charge in [0.05, 0.1) is 6.61 Å². The van der Waals surface area contributed by atoms with Crippen LogP contribution in [0.1, 0.15) is 19.7 Å². The van der Waals surface area contributed by atoms with Crippen LogP contribution in [0.3, 0.4) is 0 Å². The number of nitrogens with zero attached hydrogens (tertiary/aromatic N) is 2. The summed E-state index contributed by atoms with van der Waals surface area (Å²) < 4.78 is 15.8. The quantitative estimate of drug-likeness (QED) is 0.538. The molecule has 0 saturated carbocycles. The molecule has 0 saturated heterocycles. The van der Waals surface area contributed by atoms with Crippen molar-refractivity contribution in [1.82, 2.24) is 9.97 Å². The van der Waals surface area contributed by atoms with Gasteiger partial charge in [-0.25, -0.2) is 4.98 Å². The van der Waals surface area contributed by atoms with Crippen molar-refractivity contribution in [1.29, 1.82) is 0 Å². The van der Waals surface area contributed by atoms with E-state index in [1.54, 1.807) is 13.2 Å². The van der Waals surface area contributed by atoms with E-state index in [9.17, 15) is 0 Å². The van der Waals surface area contributed by atoms with Crippen molar-refractivity contribution in [2.45, 2.75) is 20.5 Å². The lowest BCUT2D eigenvalue weighted by Crippen LogP contribution is -2.11. The standard InChI is InChI=1S/C12H19ClN2O3/c1-9(2)7-17-4-5-18-12-6-10(13)14-11(15-12)8-16-3/h6,9H,4-5,7-8H2,1-3H3. The van der Waals surface area contributed by atoms with Gasteiger partial charge in [-0.15, -0.1) is 0 Å². The lowest BCUT2D eigenvalue weighted by Gasteiger charge is -2.09. The molecule has 0 unspecified atom stereocenters. The molecule has 0 aliphatic rings. The second-order valence-corrected chi connectivity index (χ2v) is 4.58. The number of hydrogen-bond donors (Lipinski definition) is 0.